The van der Waals surface area contributed by atoms with E-state index in [1.807, 2.05) is 6.07 Å². The minimum atomic E-state index is 0.326. The Morgan fingerprint density at radius 2 is 2.23 bits per heavy atom. The zero-order chi connectivity index (χ0) is 15.3. The topological polar surface area (TPSA) is 23.5 Å². The number of benzene rings is 1. The molecule has 1 saturated carbocycles. The van der Waals surface area contributed by atoms with Gasteiger partial charge in [0.2, 0.25) is 0 Å². The molecule has 118 valence electrons. The van der Waals surface area contributed by atoms with E-state index in [1.165, 1.54) is 49.8 Å². The number of likely N-dealkylation sites (tertiary alicyclic amines) is 1. The molecule has 2 fully saturated rings. The van der Waals surface area contributed by atoms with Crippen molar-refractivity contribution in [3.05, 3.63) is 42.0 Å². The van der Waals surface area contributed by atoms with Crippen molar-refractivity contribution in [3.8, 4) is 5.75 Å². The van der Waals surface area contributed by atoms with Crippen LogP contribution in [0.15, 0.2) is 30.9 Å². The van der Waals surface area contributed by atoms with Crippen molar-refractivity contribution in [2.75, 3.05) is 6.54 Å². The van der Waals surface area contributed by atoms with Crippen LogP contribution in [0, 0.1) is 5.92 Å². The molecule has 0 spiro atoms. The molecule has 1 unspecified atom stereocenters. The van der Waals surface area contributed by atoms with Gasteiger partial charge in [-0.25, -0.2) is 0 Å². The highest BCUT2D eigenvalue weighted by molar-refractivity contribution is 5.45. The summed E-state index contributed by atoms with van der Waals surface area (Å²) in [4.78, 5) is 2.69. The maximum Gasteiger partial charge on any atom is 0.115 e. The van der Waals surface area contributed by atoms with Crippen molar-refractivity contribution in [2.24, 2.45) is 5.92 Å². The number of aromatic hydroxyl groups is 1. The van der Waals surface area contributed by atoms with Crippen LogP contribution in [0.25, 0.3) is 0 Å². The first kappa shape index (κ1) is 14.3. The van der Waals surface area contributed by atoms with Crippen molar-refractivity contribution in [3.63, 3.8) is 0 Å². The van der Waals surface area contributed by atoms with Gasteiger partial charge in [0, 0.05) is 17.5 Å². The van der Waals surface area contributed by atoms with E-state index in [-0.39, 0.29) is 0 Å². The lowest BCUT2D eigenvalue weighted by molar-refractivity contribution is -0.0213. The molecule has 4 atom stereocenters. The average molecular weight is 297 g/mol. The smallest absolute Gasteiger partial charge is 0.115 e. The highest BCUT2D eigenvalue weighted by atomic mass is 16.3. The molecule has 2 nitrogen and oxygen atoms in total. The minimum Gasteiger partial charge on any atom is -0.508 e. The molecule has 2 heteroatoms. The van der Waals surface area contributed by atoms with E-state index >= 15 is 0 Å². The SMILES string of the molecule is C=C[C@@H](C)N1CC[C@]23CCCCC2[C@H]1Cc1ccc(O)cc13. The predicted molar refractivity (Wildman–Crippen MR) is 90.2 cm³/mol. The molecule has 2 bridgehead atoms. The summed E-state index contributed by atoms with van der Waals surface area (Å²) in [5.74, 6) is 1.20. The molecule has 1 aromatic rings. The molecule has 1 N–H and O–H groups in total. The first-order valence-corrected chi connectivity index (χ1v) is 8.86. The summed E-state index contributed by atoms with van der Waals surface area (Å²) in [5.41, 5.74) is 3.27. The summed E-state index contributed by atoms with van der Waals surface area (Å²) in [7, 11) is 0. The molecule has 0 aromatic heterocycles. The van der Waals surface area contributed by atoms with Gasteiger partial charge in [-0.05, 0) is 68.3 Å². The standard InChI is InChI=1S/C20H27NO/c1-3-14(2)21-11-10-20-9-5-4-6-17(20)19(21)12-15-7-8-16(22)13-18(15)20/h3,7-8,13-14,17,19,22H,1,4-6,9-12H2,2H3/t14-,17?,19-,20-/m1/s1. The van der Waals surface area contributed by atoms with E-state index < -0.39 is 0 Å². The van der Waals surface area contributed by atoms with Gasteiger partial charge in [0.1, 0.15) is 5.75 Å². The number of phenolic OH excluding ortho intramolecular Hbond substituents is 1. The lowest BCUT2D eigenvalue weighted by Gasteiger charge is -2.60. The Kier molecular flexibility index (Phi) is 3.34. The van der Waals surface area contributed by atoms with Crippen LogP contribution in [-0.2, 0) is 11.8 Å². The fourth-order valence-electron chi connectivity index (χ4n) is 5.66. The number of rotatable bonds is 2. The van der Waals surface area contributed by atoms with Crippen LogP contribution >= 0.6 is 0 Å². The van der Waals surface area contributed by atoms with Crippen LogP contribution in [0.3, 0.4) is 0 Å². The molecular formula is C20H27NO. The molecule has 0 amide bonds. The Labute approximate surface area is 133 Å². The van der Waals surface area contributed by atoms with Crippen LogP contribution in [0.1, 0.15) is 50.2 Å². The molecule has 0 radical (unpaired) electrons. The Morgan fingerprint density at radius 3 is 3.05 bits per heavy atom. The number of hydrogen-bond donors (Lipinski definition) is 1. The van der Waals surface area contributed by atoms with Gasteiger partial charge in [-0.15, -0.1) is 6.58 Å². The van der Waals surface area contributed by atoms with Crippen LogP contribution < -0.4 is 0 Å². The van der Waals surface area contributed by atoms with Crippen LogP contribution in [0.5, 0.6) is 5.75 Å². The highest BCUT2D eigenvalue weighted by Crippen LogP contribution is 2.56. The maximum atomic E-state index is 10.0. The van der Waals surface area contributed by atoms with Gasteiger partial charge in [-0.3, -0.25) is 4.90 Å². The van der Waals surface area contributed by atoms with Gasteiger partial charge in [-0.1, -0.05) is 25.0 Å². The van der Waals surface area contributed by atoms with Crippen molar-refractivity contribution in [1.82, 2.24) is 4.90 Å². The van der Waals surface area contributed by atoms with E-state index in [0.29, 0.717) is 23.2 Å². The summed E-state index contributed by atoms with van der Waals surface area (Å²) < 4.78 is 0. The number of phenols is 1. The van der Waals surface area contributed by atoms with Gasteiger partial charge < -0.3 is 5.11 Å². The zero-order valence-electron chi connectivity index (χ0n) is 13.6. The number of fused-ring (bicyclic) bond motifs is 1. The summed E-state index contributed by atoms with van der Waals surface area (Å²) in [6.45, 7) is 7.48. The zero-order valence-corrected chi connectivity index (χ0v) is 13.6. The molecule has 3 aliphatic rings. The largest absolute Gasteiger partial charge is 0.508 e. The molecule has 2 aliphatic carbocycles. The molecular weight excluding hydrogens is 270 g/mol. The summed E-state index contributed by atoms with van der Waals surface area (Å²) >= 11 is 0. The van der Waals surface area contributed by atoms with E-state index in [1.54, 1.807) is 0 Å². The Hall–Kier alpha value is -1.28. The molecule has 22 heavy (non-hydrogen) atoms. The van der Waals surface area contributed by atoms with Gasteiger partial charge in [0.15, 0.2) is 0 Å². The minimum absolute atomic E-state index is 0.326. The van der Waals surface area contributed by atoms with Crippen LogP contribution in [0.4, 0.5) is 0 Å². The van der Waals surface area contributed by atoms with E-state index in [2.05, 4.69) is 36.6 Å². The first-order chi connectivity index (χ1) is 10.7. The molecule has 1 heterocycles. The summed E-state index contributed by atoms with van der Waals surface area (Å²) in [6.07, 6.45) is 9.84. The third-order valence-corrected chi connectivity index (χ3v) is 6.73. The maximum absolute atomic E-state index is 10.0. The normalized spacial score (nSPS) is 35.3. The Bertz CT molecular complexity index is 595. The van der Waals surface area contributed by atoms with E-state index in [0.717, 1.165) is 12.3 Å². The van der Waals surface area contributed by atoms with Crippen LogP contribution in [-0.4, -0.2) is 28.6 Å². The molecule has 1 saturated heterocycles. The third-order valence-electron chi connectivity index (χ3n) is 6.73. The summed E-state index contributed by atoms with van der Waals surface area (Å²) in [6, 6.07) is 7.24. The van der Waals surface area contributed by atoms with Crippen LogP contribution in [0.2, 0.25) is 0 Å². The van der Waals surface area contributed by atoms with E-state index in [4.69, 9.17) is 0 Å². The fraction of sp³-hybridized carbons (Fsp3) is 0.600. The second kappa shape index (κ2) is 5.13. The van der Waals surface area contributed by atoms with Crippen molar-refractivity contribution >= 4 is 0 Å². The monoisotopic (exact) mass is 297 g/mol. The third kappa shape index (κ3) is 1.89. The van der Waals surface area contributed by atoms with Gasteiger partial charge >= 0.3 is 0 Å². The van der Waals surface area contributed by atoms with E-state index in [9.17, 15) is 5.11 Å². The second-order valence-electron chi connectivity index (χ2n) is 7.59. The number of piperidine rings is 1. The lowest BCUT2D eigenvalue weighted by atomic mass is 9.52. The highest BCUT2D eigenvalue weighted by Gasteiger charge is 2.54. The van der Waals surface area contributed by atoms with Crippen molar-refractivity contribution in [2.45, 2.75) is 62.9 Å². The predicted octanol–water partition coefficient (Wildman–Crippen LogP) is 4.03. The lowest BCUT2D eigenvalue weighted by Crippen LogP contribution is -2.62. The second-order valence-corrected chi connectivity index (χ2v) is 7.59. The quantitative estimate of drug-likeness (QED) is 0.833. The Morgan fingerprint density at radius 1 is 1.36 bits per heavy atom. The molecule has 1 aliphatic heterocycles. The van der Waals surface area contributed by atoms with Gasteiger partial charge in [-0.2, -0.15) is 0 Å². The molecule has 4 rings (SSSR count). The first-order valence-electron chi connectivity index (χ1n) is 8.86. The van der Waals surface area contributed by atoms with Crippen molar-refractivity contribution < 1.29 is 5.11 Å². The van der Waals surface area contributed by atoms with Gasteiger partial charge in [0.05, 0.1) is 0 Å². The molecule has 1 aromatic carbocycles. The Balaban J connectivity index is 1.83. The van der Waals surface area contributed by atoms with Crippen molar-refractivity contribution in [1.29, 1.82) is 0 Å². The fourth-order valence-corrected chi connectivity index (χ4v) is 5.66. The summed E-state index contributed by atoms with van der Waals surface area (Å²) in [5, 5.41) is 10.0. The number of nitrogens with zero attached hydrogens (tertiary/aromatic N) is 1. The number of hydrogen-bond acceptors (Lipinski definition) is 2. The van der Waals surface area contributed by atoms with Gasteiger partial charge in [0.25, 0.3) is 0 Å². The average Bonchev–Trinajstić information content (AvgIpc) is 2.55.